The van der Waals surface area contributed by atoms with Crippen LogP contribution in [0.3, 0.4) is 0 Å². The van der Waals surface area contributed by atoms with Gasteiger partial charge in [-0.05, 0) is 18.6 Å². The van der Waals surface area contributed by atoms with E-state index in [4.69, 9.17) is 4.52 Å². The Balaban J connectivity index is 1.37. The first-order chi connectivity index (χ1) is 13.8. The van der Waals surface area contributed by atoms with Gasteiger partial charge in [-0.2, -0.15) is 0 Å². The number of fused-ring (bicyclic) bond motifs is 1. The van der Waals surface area contributed by atoms with Crippen molar-refractivity contribution < 1.29 is 9.32 Å². The Morgan fingerprint density at radius 1 is 1.04 bits per heavy atom. The Hall–Kier alpha value is -3.67. The molecule has 0 saturated heterocycles. The SMILES string of the molecule is O=C(Nc1cccc(-c2cnc3n2CCC3)c1)c1cc(-c2ccccc2)on1. The van der Waals surface area contributed by atoms with Gasteiger partial charge in [-0.15, -0.1) is 0 Å². The summed E-state index contributed by atoms with van der Waals surface area (Å²) in [4.78, 5) is 17.1. The monoisotopic (exact) mass is 370 g/mol. The predicted octanol–water partition coefficient (Wildman–Crippen LogP) is 4.40. The molecule has 0 unspecified atom stereocenters. The molecule has 1 amide bonds. The molecule has 0 spiro atoms. The molecule has 2 aromatic carbocycles. The van der Waals surface area contributed by atoms with Crippen molar-refractivity contribution >= 4 is 11.6 Å². The second-order valence-corrected chi connectivity index (χ2v) is 6.79. The molecular formula is C22H18N4O2. The van der Waals surface area contributed by atoms with E-state index >= 15 is 0 Å². The smallest absolute Gasteiger partial charge is 0.277 e. The summed E-state index contributed by atoms with van der Waals surface area (Å²) in [6.45, 7) is 0.989. The fraction of sp³-hybridized carbons (Fsp3) is 0.136. The first kappa shape index (κ1) is 16.5. The fourth-order valence-corrected chi connectivity index (χ4v) is 3.56. The number of imidazole rings is 1. The molecule has 138 valence electrons. The van der Waals surface area contributed by atoms with Gasteiger partial charge in [-0.25, -0.2) is 4.98 Å². The van der Waals surface area contributed by atoms with Crippen molar-refractivity contribution in [3.05, 3.63) is 78.4 Å². The third kappa shape index (κ3) is 2.99. The first-order valence-corrected chi connectivity index (χ1v) is 9.26. The number of nitrogens with zero attached hydrogens (tertiary/aromatic N) is 3. The summed E-state index contributed by atoms with van der Waals surface area (Å²) in [5.74, 6) is 1.39. The second kappa shape index (κ2) is 6.81. The van der Waals surface area contributed by atoms with Crippen LogP contribution in [0.4, 0.5) is 5.69 Å². The summed E-state index contributed by atoms with van der Waals surface area (Å²) in [7, 11) is 0. The molecule has 0 atom stereocenters. The Labute approximate surface area is 161 Å². The molecule has 4 aromatic rings. The van der Waals surface area contributed by atoms with Crippen LogP contribution in [0.2, 0.25) is 0 Å². The number of amides is 1. The van der Waals surface area contributed by atoms with Gasteiger partial charge < -0.3 is 14.4 Å². The molecule has 0 bridgehead atoms. The summed E-state index contributed by atoms with van der Waals surface area (Å²) in [6, 6.07) is 19.0. The summed E-state index contributed by atoms with van der Waals surface area (Å²) < 4.78 is 7.56. The molecule has 0 fully saturated rings. The van der Waals surface area contributed by atoms with Gasteiger partial charge >= 0.3 is 0 Å². The van der Waals surface area contributed by atoms with Crippen LogP contribution in [-0.2, 0) is 13.0 Å². The van der Waals surface area contributed by atoms with Gasteiger partial charge in [0.25, 0.3) is 5.91 Å². The highest BCUT2D eigenvalue weighted by molar-refractivity contribution is 6.03. The van der Waals surface area contributed by atoms with E-state index in [0.717, 1.165) is 42.0 Å². The van der Waals surface area contributed by atoms with Crippen molar-refractivity contribution in [3.8, 4) is 22.6 Å². The van der Waals surface area contributed by atoms with E-state index in [0.29, 0.717) is 11.4 Å². The minimum absolute atomic E-state index is 0.245. The highest BCUT2D eigenvalue weighted by Crippen LogP contribution is 2.27. The standard InChI is InChI=1S/C22H18N4O2/c27-22(18-13-20(28-25-18)15-6-2-1-3-7-15)24-17-9-4-8-16(12-17)19-14-23-21-10-5-11-26(19)21/h1-4,6-9,12-14H,5,10-11H2,(H,24,27). The van der Waals surface area contributed by atoms with Crippen LogP contribution in [0.1, 0.15) is 22.7 Å². The second-order valence-electron chi connectivity index (χ2n) is 6.79. The molecule has 6 nitrogen and oxygen atoms in total. The zero-order valence-corrected chi connectivity index (χ0v) is 15.1. The normalized spacial score (nSPS) is 12.7. The van der Waals surface area contributed by atoms with Crippen molar-refractivity contribution in [3.63, 3.8) is 0 Å². The van der Waals surface area contributed by atoms with E-state index in [-0.39, 0.29) is 11.6 Å². The highest BCUT2D eigenvalue weighted by Gasteiger charge is 2.18. The Bertz CT molecular complexity index is 1140. The lowest BCUT2D eigenvalue weighted by molar-refractivity contribution is 0.101. The summed E-state index contributed by atoms with van der Waals surface area (Å²) in [5.41, 5.74) is 3.94. The number of aromatic nitrogens is 3. The first-order valence-electron chi connectivity index (χ1n) is 9.26. The Kier molecular flexibility index (Phi) is 4.01. The van der Waals surface area contributed by atoms with E-state index in [1.54, 1.807) is 6.07 Å². The summed E-state index contributed by atoms with van der Waals surface area (Å²) in [5, 5.41) is 6.81. The zero-order valence-electron chi connectivity index (χ0n) is 15.1. The molecule has 28 heavy (non-hydrogen) atoms. The third-order valence-electron chi connectivity index (χ3n) is 4.94. The van der Waals surface area contributed by atoms with E-state index in [2.05, 4.69) is 20.0 Å². The minimum atomic E-state index is -0.304. The van der Waals surface area contributed by atoms with E-state index in [9.17, 15) is 4.79 Å². The van der Waals surface area contributed by atoms with Crippen LogP contribution in [0.25, 0.3) is 22.6 Å². The number of hydrogen-bond donors (Lipinski definition) is 1. The molecule has 3 heterocycles. The zero-order chi connectivity index (χ0) is 18.9. The number of carbonyl (C=O) groups is 1. The van der Waals surface area contributed by atoms with Crippen molar-refractivity contribution in [2.24, 2.45) is 0 Å². The van der Waals surface area contributed by atoms with Crippen molar-refractivity contribution in [2.75, 3.05) is 5.32 Å². The number of aryl methyl sites for hydroxylation is 1. The van der Waals surface area contributed by atoms with Gasteiger partial charge in [0.1, 0.15) is 5.82 Å². The van der Waals surface area contributed by atoms with Gasteiger partial charge in [0, 0.05) is 35.8 Å². The fourth-order valence-electron chi connectivity index (χ4n) is 3.56. The molecular weight excluding hydrogens is 352 g/mol. The van der Waals surface area contributed by atoms with Crippen LogP contribution >= 0.6 is 0 Å². The van der Waals surface area contributed by atoms with Gasteiger partial charge in [0.05, 0.1) is 11.9 Å². The van der Waals surface area contributed by atoms with Crippen LogP contribution in [-0.4, -0.2) is 20.6 Å². The van der Waals surface area contributed by atoms with Crippen LogP contribution in [0, 0.1) is 0 Å². The van der Waals surface area contributed by atoms with Gasteiger partial charge in [-0.1, -0.05) is 47.6 Å². The number of carbonyl (C=O) groups excluding carboxylic acids is 1. The maximum Gasteiger partial charge on any atom is 0.277 e. The predicted molar refractivity (Wildman–Crippen MR) is 106 cm³/mol. The molecule has 1 aliphatic heterocycles. The summed E-state index contributed by atoms with van der Waals surface area (Å²) >= 11 is 0. The number of benzene rings is 2. The van der Waals surface area contributed by atoms with Crippen LogP contribution < -0.4 is 5.32 Å². The van der Waals surface area contributed by atoms with Crippen molar-refractivity contribution in [1.82, 2.24) is 14.7 Å². The third-order valence-corrected chi connectivity index (χ3v) is 4.94. The molecule has 6 heteroatoms. The maximum atomic E-state index is 12.6. The van der Waals surface area contributed by atoms with Crippen LogP contribution in [0.5, 0.6) is 0 Å². The van der Waals surface area contributed by atoms with E-state index in [1.165, 1.54) is 0 Å². The maximum absolute atomic E-state index is 12.6. The summed E-state index contributed by atoms with van der Waals surface area (Å²) in [6.07, 6.45) is 4.05. The molecule has 0 radical (unpaired) electrons. The van der Waals surface area contributed by atoms with Gasteiger partial charge in [0.2, 0.25) is 0 Å². The largest absolute Gasteiger partial charge is 0.355 e. The molecule has 0 aliphatic carbocycles. The molecule has 2 aromatic heterocycles. The lowest BCUT2D eigenvalue weighted by Crippen LogP contribution is -2.12. The van der Waals surface area contributed by atoms with Crippen molar-refractivity contribution in [1.29, 1.82) is 0 Å². The van der Waals surface area contributed by atoms with E-state index in [1.807, 2.05) is 60.8 Å². The lowest BCUT2D eigenvalue weighted by Gasteiger charge is -2.08. The molecule has 1 N–H and O–H groups in total. The highest BCUT2D eigenvalue weighted by atomic mass is 16.5. The van der Waals surface area contributed by atoms with Crippen LogP contribution in [0.15, 0.2) is 71.4 Å². The molecule has 1 aliphatic rings. The molecule has 0 saturated carbocycles. The topological polar surface area (TPSA) is 73.0 Å². The van der Waals surface area contributed by atoms with Gasteiger partial charge in [0.15, 0.2) is 11.5 Å². The molecule has 5 rings (SSSR count). The Morgan fingerprint density at radius 2 is 1.89 bits per heavy atom. The quantitative estimate of drug-likeness (QED) is 0.578. The van der Waals surface area contributed by atoms with Crippen molar-refractivity contribution in [2.45, 2.75) is 19.4 Å². The lowest BCUT2D eigenvalue weighted by atomic mass is 10.1. The number of nitrogens with one attached hydrogen (secondary N) is 1. The Morgan fingerprint density at radius 3 is 2.79 bits per heavy atom. The number of hydrogen-bond acceptors (Lipinski definition) is 4. The number of anilines is 1. The van der Waals surface area contributed by atoms with Gasteiger partial charge in [-0.3, -0.25) is 4.79 Å². The minimum Gasteiger partial charge on any atom is -0.355 e. The number of rotatable bonds is 4. The van der Waals surface area contributed by atoms with E-state index < -0.39 is 0 Å². The average Bonchev–Trinajstić information content (AvgIpc) is 3.46. The average molecular weight is 370 g/mol.